The molecule has 0 fully saturated rings. The Balaban J connectivity index is 3.74. The first-order chi connectivity index (χ1) is 7.99. The van der Waals surface area contributed by atoms with Crippen LogP contribution in [0.5, 0.6) is 0 Å². The molecule has 104 valence electrons. The van der Waals surface area contributed by atoms with Crippen molar-refractivity contribution in [3.8, 4) is 0 Å². The number of unbranched alkanes of at least 4 members (excludes halogenated alkanes) is 3. The predicted molar refractivity (Wildman–Crippen MR) is 75.2 cm³/mol. The van der Waals surface area contributed by atoms with Crippen molar-refractivity contribution in [1.82, 2.24) is 4.90 Å². The summed E-state index contributed by atoms with van der Waals surface area (Å²) in [5.74, 6) is 0.336. The highest BCUT2D eigenvalue weighted by Gasteiger charge is 2.05. The van der Waals surface area contributed by atoms with E-state index in [1.807, 2.05) is 0 Å². The van der Waals surface area contributed by atoms with Crippen molar-refractivity contribution in [2.24, 2.45) is 0 Å². The number of hydrogen-bond donors (Lipinski definition) is 0. The van der Waals surface area contributed by atoms with Crippen molar-refractivity contribution < 1.29 is 8.42 Å². The fourth-order valence-electron chi connectivity index (χ4n) is 1.80. The van der Waals surface area contributed by atoms with Gasteiger partial charge in [0.25, 0.3) is 0 Å². The lowest BCUT2D eigenvalue weighted by atomic mass is 10.2. The van der Waals surface area contributed by atoms with E-state index in [9.17, 15) is 8.42 Å². The van der Waals surface area contributed by atoms with Crippen LogP contribution in [0.25, 0.3) is 0 Å². The van der Waals surface area contributed by atoms with Crippen LogP contribution < -0.4 is 0 Å². The molecule has 0 saturated carbocycles. The molecule has 0 aromatic rings. The molecule has 0 aliphatic heterocycles. The lowest BCUT2D eigenvalue weighted by Crippen LogP contribution is -2.27. The van der Waals surface area contributed by atoms with E-state index in [1.54, 1.807) is 0 Å². The maximum Gasteiger partial charge on any atom is 0.147 e. The second kappa shape index (κ2) is 9.89. The van der Waals surface area contributed by atoms with Gasteiger partial charge in [-0.3, -0.25) is 0 Å². The highest BCUT2D eigenvalue weighted by atomic mass is 32.2. The Kier molecular flexibility index (Phi) is 9.84. The minimum atomic E-state index is -2.77. The third-order valence-corrected chi connectivity index (χ3v) is 3.93. The Hall–Kier alpha value is -0.0900. The summed E-state index contributed by atoms with van der Waals surface area (Å²) in [4.78, 5) is 2.48. The minimum absolute atomic E-state index is 0.336. The van der Waals surface area contributed by atoms with Crippen LogP contribution >= 0.6 is 0 Å². The molecule has 0 N–H and O–H groups in total. The van der Waals surface area contributed by atoms with Gasteiger partial charge in [0.05, 0.1) is 0 Å². The molecule has 0 radical (unpaired) electrons. The van der Waals surface area contributed by atoms with Gasteiger partial charge in [-0.05, 0) is 45.3 Å². The van der Waals surface area contributed by atoms with Gasteiger partial charge in [0.15, 0.2) is 0 Å². The summed E-state index contributed by atoms with van der Waals surface area (Å²) in [5, 5.41) is 0. The summed E-state index contributed by atoms with van der Waals surface area (Å²) >= 11 is 0. The third kappa shape index (κ3) is 12.2. The van der Waals surface area contributed by atoms with E-state index in [4.69, 9.17) is 0 Å². The molecule has 0 heterocycles. The Morgan fingerprint density at radius 3 is 1.71 bits per heavy atom. The fourth-order valence-corrected chi connectivity index (χ4v) is 2.53. The zero-order valence-electron chi connectivity index (χ0n) is 11.7. The van der Waals surface area contributed by atoms with Crippen LogP contribution in [-0.4, -0.2) is 45.0 Å². The summed E-state index contributed by atoms with van der Waals surface area (Å²) in [5.41, 5.74) is 0. The Morgan fingerprint density at radius 1 is 0.824 bits per heavy atom. The molecule has 0 unspecified atom stereocenters. The van der Waals surface area contributed by atoms with Gasteiger partial charge in [-0.1, -0.05) is 26.7 Å². The third-order valence-electron chi connectivity index (χ3n) is 2.90. The van der Waals surface area contributed by atoms with Crippen LogP contribution in [0.1, 0.15) is 52.4 Å². The molecule has 0 atom stereocenters. The van der Waals surface area contributed by atoms with E-state index in [1.165, 1.54) is 31.9 Å². The summed E-state index contributed by atoms with van der Waals surface area (Å²) < 4.78 is 22.0. The molecule has 0 spiro atoms. The second-order valence-corrected chi connectivity index (χ2v) is 7.15. The Morgan fingerprint density at radius 2 is 1.29 bits per heavy atom. The van der Waals surface area contributed by atoms with Crippen LogP contribution in [0.4, 0.5) is 0 Å². The highest BCUT2D eigenvalue weighted by molar-refractivity contribution is 7.90. The number of nitrogens with zero attached hydrogens (tertiary/aromatic N) is 1. The Bertz CT molecular complexity index is 255. The molecule has 0 amide bonds. The molecule has 0 aliphatic rings. The molecule has 0 rings (SSSR count). The zero-order chi connectivity index (χ0) is 13.1. The predicted octanol–water partition coefficient (Wildman–Crippen LogP) is 2.71. The van der Waals surface area contributed by atoms with Gasteiger partial charge >= 0.3 is 0 Å². The second-order valence-electron chi connectivity index (χ2n) is 4.89. The smallest absolute Gasteiger partial charge is 0.147 e. The first-order valence-electron chi connectivity index (χ1n) is 6.89. The van der Waals surface area contributed by atoms with Crippen molar-refractivity contribution in [2.45, 2.75) is 52.4 Å². The van der Waals surface area contributed by atoms with E-state index < -0.39 is 9.84 Å². The molecule has 0 aromatic carbocycles. The van der Waals surface area contributed by atoms with Gasteiger partial charge in [0, 0.05) is 12.0 Å². The molecule has 0 saturated heterocycles. The molecule has 0 aromatic heterocycles. The van der Waals surface area contributed by atoms with Gasteiger partial charge in [-0.15, -0.1) is 0 Å². The van der Waals surface area contributed by atoms with Crippen LogP contribution in [0, 0.1) is 0 Å². The quantitative estimate of drug-likeness (QED) is 0.538. The van der Waals surface area contributed by atoms with Crippen LogP contribution in [0.15, 0.2) is 0 Å². The number of hydrogen-bond acceptors (Lipinski definition) is 3. The van der Waals surface area contributed by atoms with Crippen LogP contribution in [-0.2, 0) is 9.84 Å². The average Bonchev–Trinajstić information content (AvgIpc) is 2.25. The van der Waals surface area contributed by atoms with E-state index in [0.29, 0.717) is 5.75 Å². The van der Waals surface area contributed by atoms with Crippen molar-refractivity contribution in [1.29, 1.82) is 0 Å². The minimum Gasteiger partial charge on any atom is -0.303 e. The van der Waals surface area contributed by atoms with Gasteiger partial charge in [-0.2, -0.15) is 0 Å². The zero-order valence-corrected chi connectivity index (χ0v) is 12.6. The van der Waals surface area contributed by atoms with E-state index >= 15 is 0 Å². The lowest BCUT2D eigenvalue weighted by molar-refractivity contribution is 0.261. The number of sulfone groups is 1. The maximum absolute atomic E-state index is 11.0. The summed E-state index contributed by atoms with van der Waals surface area (Å²) in [6.07, 6.45) is 8.07. The average molecular weight is 263 g/mol. The topological polar surface area (TPSA) is 37.4 Å². The highest BCUT2D eigenvalue weighted by Crippen LogP contribution is 2.03. The maximum atomic E-state index is 11.0. The normalized spacial score (nSPS) is 12.2. The first kappa shape index (κ1) is 16.9. The van der Waals surface area contributed by atoms with Crippen LogP contribution in [0.3, 0.4) is 0 Å². The molecule has 0 aliphatic carbocycles. The summed E-state index contributed by atoms with van der Waals surface area (Å²) in [6, 6.07) is 0. The summed E-state index contributed by atoms with van der Waals surface area (Å²) in [6.45, 7) is 7.80. The van der Waals surface area contributed by atoms with Gasteiger partial charge < -0.3 is 4.90 Å². The summed E-state index contributed by atoms with van der Waals surface area (Å²) in [7, 11) is -2.77. The van der Waals surface area contributed by atoms with Gasteiger partial charge in [-0.25, -0.2) is 8.42 Å². The van der Waals surface area contributed by atoms with Crippen LogP contribution in [0.2, 0.25) is 0 Å². The SMILES string of the molecule is CCCCN(CCCC)CCCCS(C)(=O)=O. The molecule has 4 heteroatoms. The van der Waals surface area contributed by atoms with Gasteiger partial charge in [0.1, 0.15) is 9.84 Å². The van der Waals surface area contributed by atoms with E-state index in [-0.39, 0.29) is 0 Å². The standard InChI is InChI=1S/C13H29NO2S/c1-4-6-10-14(11-7-5-2)12-8-9-13-17(3,15)16/h4-13H2,1-3H3. The molecule has 0 bridgehead atoms. The molecular weight excluding hydrogens is 234 g/mol. The molecular formula is C13H29NO2S. The van der Waals surface area contributed by atoms with Gasteiger partial charge in [0.2, 0.25) is 0 Å². The monoisotopic (exact) mass is 263 g/mol. The van der Waals surface area contributed by atoms with Crippen molar-refractivity contribution in [2.75, 3.05) is 31.6 Å². The first-order valence-corrected chi connectivity index (χ1v) is 8.95. The number of rotatable bonds is 11. The van der Waals surface area contributed by atoms with E-state index in [0.717, 1.165) is 32.5 Å². The molecule has 3 nitrogen and oxygen atoms in total. The fraction of sp³-hybridized carbons (Fsp3) is 1.00. The Labute approximate surface area is 108 Å². The van der Waals surface area contributed by atoms with Crippen molar-refractivity contribution >= 4 is 9.84 Å². The lowest BCUT2D eigenvalue weighted by Gasteiger charge is -2.21. The van der Waals surface area contributed by atoms with E-state index in [2.05, 4.69) is 18.7 Å². The van der Waals surface area contributed by atoms with Crippen molar-refractivity contribution in [3.05, 3.63) is 0 Å². The largest absolute Gasteiger partial charge is 0.303 e. The van der Waals surface area contributed by atoms with Crippen molar-refractivity contribution in [3.63, 3.8) is 0 Å². The molecule has 17 heavy (non-hydrogen) atoms.